The van der Waals surface area contributed by atoms with E-state index < -0.39 is 25.2 Å². The molecule has 25 heavy (non-hydrogen) atoms. The molecule has 0 fully saturated rings. The Balaban J connectivity index is 4.27. The normalized spacial score (nSPS) is 14.8. The van der Waals surface area contributed by atoms with Gasteiger partial charge >= 0.3 is 8.56 Å². The van der Waals surface area contributed by atoms with Crippen molar-refractivity contribution in [1.82, 2.24) is 0 Å². The summed E-state index contributed by atoms with van der Waals surface area (Å²) in [5, 5.41) is 0. The van der Waals surface area contributed by atoms with E-state index in [0.717, 1.165) is 12.5 Å². The van der Waals surface area contributed by atoms with Gasteiger partial charge in [-0.3, -0.25) is 0 Å². The predicted octanol–water partition coefficient (Wildman–Crippen LogP) is 4.61. The average molecular weight is 411 g/mol. The van der Waals surface area contributed by atoms with Crippen LogP contribution in [0.2, 0.25) is 51.9 Å². The van der Waals surface area contributed by atoms with Crippen LogP contribution in [-0.2, 0) is 22.4 Å². The van der Waals surface area contributed by atoms with Gasteiger partial charge in [-0.25, -0.2) is 0 Å². The third kappa shape index (κ3) is 15.2. The largest absolute Gasteiger partial charge is 0.415 e. The lowest BCUT2D eigenvalue weighted by Crippen LogP contribution is -2.40. The van der Waals surface area contributed by atoms with Crippen LogP contribution < -0.4 is 0 Å². The first kappa shape index (κ1) is 25.5. The van der Waals surface area contributed by atoms with Crippen molar-refractivity contribution < 1.29 is 22.4 Å². The average Bonchev–Trinajstić information content (AvgIpc) is 2.42. The molecule has 0 N–H and O–H groups in total. The van der Waals surface area contributed by atoms with Gasteiger partial charge in [0.2, 0.25) is 0 Å². The van der Waals surface area contributed by atoms with Gasteiger partial charge in [0.25, 0.3) is 0 Å². The molecule has 0 bridgehead atoms. The zero-order valence-corrected chi connectivity index (χ0v) is 21.1. The first-order valence-electron chi connectivity index (χ1n) is 9.58. The molecule has 8 heteroatoms. The van der Waals surface area contributed by atoms with E-state index in [9.17, 15) is 0 Å². The SMILES string of the molecule is CCO[Si](C)(CCCOCC(CO[Si](C)(C)C)O[Si](C)(C)C)OCC. The summed E-state index contributed by atoms with van der Waals surface area (Å²) in [4.78, 5) is 0. The number of ether oxygens (including phenoxy) is 1. The van der Waals surface area contributed by atoms with Crippen LogP contribution in [0.5, 0.6) is 0 Å². The van der Waals surface area contributed by atoms with Crippen LogP contribution >= 0.6 is 0 Å². The highest BCUT2D eigenvalue weighted by Crippen LogP contribution is 2.16. The van der Waals surface area contributed by atoms with Gasteiger partial charge in [0.1, 0.15) is 0 Å². The lowest BCUT2D eigenvalue weighted by Gasteiger charge is -2.29. The number of hydrogen-bond donors (Lipinski definition) is 0. The Bertz CT molecular complexity index is 336. The van der Waals surface area contributed by atoms with E-state index in [-0.39, 0.29) is 6.10 Å². The van der Waals surface area contributed by atoms with Crippen molar-refractivity contribution in [2.24, 2.45) is 0 Å². The zero-order chi connectivity index (χ0) is 19.6. The Morgan fingerprint density at radius 2 is 1.28 bits per heavy atom. The first-order chi connectivity index (χ1) is 11.4. The molecule has 1 unspecified atom stereocenters. The fourth-order valence-corrected chi connectivity index (χ4v) is 6.67. The molecule has 1 atom stereocenters. The van der Waals surface area contributed by atoms with Crippen molar-refractivity contribution >= 4 is 25.2 Å². The molecule has 0 aromatic carbocycles. The van der Waals surface area contributed by atoms with Gasteiger partial charge in [-0.05, 0) is 72.1 Å². The van der Waals surface area contributed by atoms with E-state index in [2.05, 4.69) is 45.8 Å². The maximum absolute atomic E-state index is 6.23. The summed E-state index contributed by atoms with van der Waals surface area (Å²) in [6.45, 7) is 22.8. The Kier molecular flexibility index (Phi) is 12.2. The summed E-state index contributed by atoms with van der Waals surface area (Å²) in [5.74, 6) is 0. The van der Waals surface area contributed by atoms with Gasteiger partial charge in [0.15, 0.2) is 16.6 Å². The summed E-state index contributed by atoms with van der Waals surface area (Å²) in [5.41, 5.74) is 0. The molecule has 0 aliphatic heterocycles. The van der Waals surface area contributed by atoms with Gasteiger partial charge in [-0.1, -0.05) is 0 Å². The van der Waals surface area contributed by atoms with Crippen molar-refractivity contribution in [3.63, 3.8) is 0 Å². The van der Waals surface area contributed by atoms with E-state index in [1.54, 1.807) is 0 Å². The Morgan fingerprint density at radius 1 is 0.720 bits per heavy atom. The van der Waals surface area contributed by atoms with Gasteiger partial charge in [-0.15, -0.1) is 0 Å². The topological polar surface area (TPSA) is 46.2 Å². The highest BCUT2D eigenvalue weighted by atomic mass is 28.4. The van der Waals surface area contributed by atoms with Crippen LogP contribution in [0.3, 0.4) is 0 Å². The van der Waals surface area contributed by atoms with Gasteiger partial charge in [-0.2, -0.15) is 0 Å². The lowest BCUT2D eigenvalue weighted by atomic mass is 10.4. The van der Waals surface area contributed by atoms with Crippen molar-refractivity contribution in [3.8, 4) is 0 Å². The van der Waals surface area contributed by atoms with Crippen molar-refractivity contribution in [1.29, 1.82) is 0 Å². The molecule has 0 aromatic heterocycles. The second-order valence-electron chi connectivity index (χ2n) is 8.45. The minimum absolute atomic E-state index is 0.0285. The van der Waals surface area contributed by atoms with Crippen LogP contribution in [-0.4, -0.2) is 64.3 Å². The minimum atomic E-state index is -2.03. The second-order valence-corrected chi connectivity index (χ2v) is 20.8. The summed E-state index contributed by atoms with van der Waals surface area (Å²) >= 11 is 0. The molecule has 0 aliphatic carbocycles. The van der Waals surface area contributed by atoms with Crippen LogP contribution in [0.4, 0.5) is 0 Å². The quantitative estimate of drug-likeness (QED) is 0.291. The Hall–Kier alpha value is 0.451. The van der Waals surface area contributed by atoms with E-state index in [4.69, 9.17) is 22.4 Å². The summed E-state index contributed by atoms with van der Waals surface area (Å²) < 4.78 is 29.9. The van der Waals surface area contributed by atoms with E-state index >= 15 is 0 Å². The molecule has 0 aliphatic rings. The molecular formula is C17H42O5Si3. The van der Waals surface area contributed by atoms with Crippen LogP contribution in [0, 0.1) is 0 Å². The molecular weight excluding hydrogens is 368 g/mol. The van der Waals surface area contributed by atoms with Gasteiger partial charge in [0.05, 0.1) is 19.3 Å². The van der Waals surface area contributed by atoms with Crippen molar-refractivity contribution in [2.75, 3.05) is 33.0 Å². The van der Waals surface area contributed by atoms with Gasteiger partial charge < -0.3 is 22.4 Å². The lowest BCUT2D eigenvalue weighted by molar-refractivity contribution is 0.0198. The molecule has 0 spiro atoms. The molecule has 0 aromatic rings. The number of rotatable bonds is 15. The molecule has 152 valence electrons. The zero-order valence-electron chi connectivity index (χ0n) is 18.1. The second kappa shape index (κ2) is 12.0. The fourth-order valence-electron chi connectivity index (χ4n) is 2.47. The standard InChI is InChI=1S/C17H42O5Si3/c1-10-19-25(9,20-11-2)14-12-13-18-15-17(22-24(6,7)8)16-21-23(3,4)5/h17H,10-16H2,1-9H3. The first-order valence-corrected chi connectivity index (χ1v) is 18.9. The molecule has 0 saturated heterocycles. The van der Waals surface area contributed by atoms with E-state index in [1.807, 2.05) is 13.8 Å². The third-order valence-electron chi connectivity index (χ3n) is 3.35. The smallest absolute Gasteiger partial charge is 0.334 e. The Labute approximate surface area is 159 Å². The van der Waals surface area contributed by atoms with Crippen molar-refractivity contribution in [3.05, 3.63) is 0 Å². The predicted molar refractivity (Wildman–Crippen MR) is 113 cm³/mol. The monoisotopic (exact) mass is 410 g/mol. The van der Waals surface area contributed by atoms with Crippen LogP contribution in [0.1, 0.15) is 20.3 Å². The summed E-state index contributed by atoms with van der Waals surface area (Å²) in [6.07, 6.45) is 0.984. The van der Waals surface area contributed by atoms with E-state index in [0.29, 0.717) is 33.0 Å². The molecule has 0 radical (unpaired) electrons. The third-order valence-corrected chi connectivity index (χ3v) is 8.48. The van der Waals surface area contributed by atoms with Crippen LogP contribution in [0.25, 0.3) is 0 Å². The maximum atomic E-state index is 6.23. The summed E-state index contributed by atoms with van der Waals surface area (Å²) in [7, 11) is -5.18. The minimum Gasteiger partial charge on any atom is -0.415 e. The highest BCUT2D eigenvalue weighted by molar-refractivity contribution is 6.70. The summed E-state index contributed by atoms with van der Waals surface area (Å²) in [6, 6.07) is 0.958. The molecule has 0 heterocycles. The molecule has 0 rings (SSSR count). The van der Waals surface area contributed by atoms with E-state index in [1.165, 1.54) is 0 Å². The fraction of sp³-hybridized carbons (Fsp3) is 1.00. The highest BCUT2D eigenvalue weighted by Gasteiger charge is 2.30. The number of hydrogen-bond acceptors (Lipinski definition) is 5. The molecule has 5 nitrogen and oxygen atoms in total. The Morgan fingerprint density at radius 3 is 1.72 bits per heavy atom. The van der Waals surface area contributed by atoms with Crippen molar-refractivity contribution in [2.45, 2.75) is 78.2 Å². The molecule has 0 saturated carbocycles. The maximum Gasteiger partial charge on any atom is 0.334 e. The van der Waals surface area contributed by atoms with Crippen LogP contribution in [0.15, 0.2) is 0 Å². The molecule has 0 amide bonds. The van der Waals surface area contributed by atoms with Gasteiger partial charge in [0, 0.05) is 19.8 Å².